The molecule has 0 bridgehead atoms. The van der Waals surface area contributed by atoms with Crippen LogP contribution >= 0.6 is 0 Å². The molecule has 4 heteroatoms. The summed E-state index contributed by atoms with van der Waals surface area (Å²) in [6.07, 6.45) is 1.52. The zero-order valence-corrected chi connectivity index (χ0v) is 12.6. The van der Waals surface area contributed by atoms with Crippen molar-refractivity contribution < 1.29 is 9.59 Å². The van der Waals surface area contributed by atoms with Crippen LogP contribution in [-0.4, -0.2) is 18.4 Å². The summed E-state index contributed by atoms with van der Waals surface area (Å²) in [5.41, 5.74) is 7.11. The Bertz CT molecular complexity index is 469. The summed E-state index contributed by atoms with van der Waals surface area (Å²) < 4.78 is 0. The SMILES string of the molecule is Cc1cccc(N(CCC(N)=O)C(=O)CCC(C)C)c1. The molecule has 2 N–H and O–H groups in total. The van der Waals surface area contributed by atoms with Crippen molar-refractivity contribution in [3.63, 3.8) is 0 Å². The Labute approximate surface area is 121 Å². The molecule has 0 aliphatic heterocycles. The molecule has 0 aliphatic carbocycles. The minimum absolute atomic E-state index is 0.0468. The number of carbonyl (C=O) groups is 2. The predicted octanol–water partition coefficient (Wildman–Crippen LogP) is 2.64. The van der Waals surface area contributed by atoms with Crippen LogP contribution in [0.3, 0.4) is 0 Å². The lowest BCUT2D eigenvalue weighted by Gasteiger charge is -2.23. The second kappa shape index (κ2) is 7.68. The molecule has 110 valence electrons. The summed E-state index contributed by atoms with van der Waals surface area (Å²) in [5.74, 6) is 0.138. The molecule has 0 radical (unpaired) electrons. The molecule has 1 aromatic carbocycles. The van der Waals surface area contributed by atoms with Crippen LogP contribution in [-0.2, 0) is 9.59 Å². The highest BCUT2D eigenvalue weighted by atomic mass is 16.2. The monoisotopic (exact) mass is 276 g/mol. The number of primary amides is 1. The van der Waals surface area contributed by atoms with E-state index in [0.29, 0.717) is 18.9 Å². The topological polar surface area (TPSA) is 63.4 Å². The average molecular weight is 276 g/mol. The lowest BCUT2D eigenvalue weighted by molar-refractivity contribution is -0.119. The van der Waals surface area contributed by atoms with E-state index in [1.54, 1.807) is 4.90 Å². The highest BCUT2D eigenvalue weighted by molar-refractivity contribution is 5.94. The van der Waals surface area contributed by atoms with Crippen LogP contribution in [0.5, 0.6) is 0 Å². The zero-order valence-electron chi connectivity index (χ0n) is 12.6. The van der Waals surface area contributed by atoms with Crippen molar-refractivity contribution in [2.24, 2.45) is 11.7 Å². The first-order valence-corrected chi connectivity index (χ1v) is 7.05. The van der Waals surface area contributed by atoms with Gasteiger partial charge in [-0.2, -0.15) is 0 Å². The molecule has 0 fully saturated rings. The number of hydrogen-bond acceptors (Lipinski definition) is 2. The first kappa shape index (κ1) is 16.2. The summed E-state index contributed by atoms with van der Waals surface area (Å²) in [5, 5.41) is 0. The van der Waals surface area contributed by atoms with Gasteiger partial charge in [-0.3, -0.25) is 9.59 Å². The van der Waals surface area contributed by atoms with Gasteiger partial charge in [-0.25, -0.2) is 0 Å². The Balaban J connectivity index is 2.84. The predicted molar refractivity (Wildman–Crippen MR) is 81.4 cm³/mol. The molecule has 4 nitrogen and oxygen atoms in total. The fourth-order valence-corrected chi connectivity index (χ4v) is 1.96. The normalized spacial score (nSPS) is 10.6. The average Bonchev–Trinajstić information content (AvgIpc) is 2.36. The Morgan fingerprint density at radius 2 is 1.95 bits per heavy atom. The van der Waals surface area contributed by atoms with Gasteiger partial charge in [0.2, 0.25) is 11.8 Å². The van der Waals surface area contributed by atoms with Crippen molar-refractivity contribution in [1.82, 2.24) is 0 Å². The molecule has 1 rings (SSSR count). The number of benzene rings is 1. The van der Waals surface area contributed by atoms with Crippen molar-refractivity contribution in [3.8, 4) is 0 Å². The minimum atomic E-state index is -0.390. The van der Waals surface area contributed by atoms with Crippen LogP contribution in [0.4, 0.5) is 5.69 Å². The van der Waals surface area contributed by atoms with Crippen molar-refractivity contribution in [2.75, 3.05) is 11.4 Å². The maximum Gasteiger partial charge on any atom is 0.226 e. The van der Waals surface area contributed by atoms with Crippen molar-refractivity contribution in [1.29, 1.82) is 0 Å². The largest absolute Gasteiger partial charge is 0.370 e. The van der Waals surface area contributed by atoms with E-state index in [1.165, 1.54) is 0 Å². The maximum atomic E-state index is 12.3. The van der Waals surface area contributed by atoms with E-state index >= 15 is 0 Å². The molecule has 0 heterocycles. The number of nitrogens with two attached hydrogens (primary N) is 1. The number of rotatable bonds is 7. The molecular weight excluding hydrogens is 252 g/mol. The minimum Gasteiger partial charge on any atom is -0.370 e. The molecule has 0 aromatic heterocycles. The number of anilines is 1. The van der Waals surface area contributed by atoms with E-state index in [9.17, 15) is 9.59 Å². The first-order chi connectivity index (χ1) is 9.40. The molecule has 0 saturated heterocycles. The molecule has 0 aliphatic rings. The number of amides is 2. The molecule has 0 spiro atoms. The summed E-state index contributed by atoms with van der Waals surface area (Å²) >= 11 is 0. The van der Waals surface area contributed by atoms with Crippen molar-refractivity contribution >= 4 is 17.5 Å². The van der Waals surface area contributed by atoms with Gasteiger partial charge >= 0.3 is 0 Å². The third-order valence-electron chi connectivity index (χ3n) is 3.13. The Hall–Kier alpha value is -1.84. The second-order valence-corrected chi connectivity index (χ2v) is 5.53. The van der Waals surface area contributed by atoms with Crippen LogP contribution in [0.15, 0.2) is 24.3 Å². The fourth-order valence-electron chi connectivity index (χ4n) is 1.96. The molecule has 20 heavy (non-hydrogen) atoms. The van der Waals surface area contributed by atoms with Gasteiger partial charge in [0.05, 0.1) is 0 Å². The molecule has 0 atom stereocenters. The quantitative estimate of drug-likeness (QED) is 0.832. The summed E-state index contributed by atoms with van der Waals surface area (Å²) in [6, 6.07) is 7.74. The van der Waals surface area contributed by atoms with E-state index in [1.807, 2.05) is 31.2 Å². The van der Waals surface area contributed by atoms with Gasteiger partial charge in [0, 0.05) is 25.1 Å². The Kier molecular flexibility index (Phi) is 6.22. The van der Waals surface area contributed by atoms with Gasteiger partial charge < -0.3 is 10.6 Å². The van der Waals surface area contributed by atoms with Crippen molar-refractivity contribution in [2.45, 2.75) is 40.0 Å². The van der Waals surface area contributed by atoms with Crippen LogP contribution in [0.2, 0.25) is 0 Å². The van der Waals surface area contributed by atoms with Crippen LogP contribution in [0, 0.1) is 12.8 Å². The highest BCUT2D eigenvalue weighted by Crippen LogP contribution is 2.18. The summed E-state index contributed by atoms with van der Waals surface area (Å²) in [4.78, 5) is 25.0. The van der Waals surface area contributed by atoms with E-state index < -0.39 is 0 Å². The smallest absolute Gasteiger partial charge is 0.226 e. The standard InChI is InChI=1S/C16H24N2O2/c1-12(2)7-8-16(20)18(10-9-15(17)19)14-6-4-5-13(3)11-14/h4-6,11-12H,7-10H2,1-3H3,(H2,17,19). The number of hydrogen-bond donors (Lipinski definition) is 1. The summed E-state index contributed by atoms with van der Waals surface area (Å²) in [7, 11) is 0. The van der Waals surface area contributed by atoms with Gasteiger partial charge in [0.1, 0.15) is 0 Å². The maximum absolute atomic E-state index is 12.3. The van der Waals surface area contributed by atoms with Gasteiger partial charge in [-0.15, -0.1) is 0 Å². The first-order valence-electron chi connectivity index (χ1n) is 7.05. The van der Waals surface area contributed by atoms with Crippen LogP contribution in [0.1, 0.15) is 38.7 Å². The number of carbonyl (C=O) groups excluding carboxylic acids is 2. The lowest BCUT2D eigenvalue weighted by Crippen LogP contribution is -2.34. The van der Waals surface area contributed by atoms with E-state index in [0.717, 1.165) is 17.7 Å². The number of nitrogens with zero attached hydrogens (tertiary/aromatic N) is 1. The molecule has 1 aromatic rings. The van der Waals surface area contributed by atoms with Gasteiger partial charge in [0.25, 0.3) is 0 Å². The van der Waals surface area contributed by atoms with Crippen LogP contribution in [0.25, 0.3) is 0 Å². The van der Waals surface area contributed by atoms with Crippen LogP contribution < -0.4 is 10.6 Å². The van der Waals surface area contributed by atoms with Gasteiger partial charge in [0.15, 0.2) is 0 Å². The highest BCUT2D eigenvalue weighted by Gasteiger charge is 2.16. The third kappa shape index (κ3) is 5.43. The summed E-state index contributed by atoms with van der Waals surface area (Å²) in [6.45, 7) is 6.51. The van der Waals surface area contributed by atoms with E-state index in [-0.39, 0.29) is 18.2 Å². The van der Waals surface area contributed by atoms with E-state index in [2.05, 4.69) is 13.8 Å². The third-order valence-corrected chi connectivity index (χ3v) is 3.13. The molecule has 0 saturated carbocycles. The van der Waals surface area contributed by atoms with Gasteiger partial charge in [-0.05, 0) is 37.0 Å². The fraction of sp³-hybridized carbons (Fsp3) is 0.500. The Morgan fingerprint density at radius 1 is 1.25 bits per heavy atom. The second-order valence-electron chi connectivity index (χ2n) is 5.53. The Morgan fingerprint density at radius 3 is 2.50 bits per heavy atom. The molecule has 0 unspecified atom stereocenters. The van der Waals surface area contributed by atoms with Gasteiger partial charge in [-0.1, -0.05) is 26.0 Å². The number of aryl methyl sites for hydroxylation is 1. The van der Waals surface area contributed by atoms with Crippen molar-refractivity contribution in [3.05, 3.63) is 29.8 Å². The molecular formula is C16H24N2O2. The lowest BCUT2D eigenvalue weighted by atomic mass is 10.1. The molecule has 2 amide bonds. The zero-order chi connectivity index (χ0) is 15.1. The van der Waals surface area contributed by atoms with E-state index in [4.69, 9.17) is 5.73 Å².